The van der Waals surface area contributed by atoms with E-state index in [4.69, 9.17) is 11.5 Å². The fourth-order valence-electron chi connectivity index (χ4n) is 1.03. The van der Waals surface area contributed by atoms with Crippen molar-refractivity contribution in [2.24, 2.45) is 0 Å². The second-order valence-corrected chi connectivity index (χ2v) is 3.68. The van der Waals surface area contributed by atoms with Gasteiger partial charge in [0, 0.05) is 15.8 Å². The molecule has 0 spiro atoms. The molecule has 0 aliphatic rings. The van der Waals surface area contributed by atoms with Crippen LogP contribution in [0.2, 0.25) is 0 Å². The first kappa shape index (κ1) is 10.8. The van der Waals surface area contributed by atoms with Crippen LogP contribution in [0.25, 0.3) is 0 Å². The standard InChI is InChI=1S/C9H11BrN2O2/c1-14-9(13)3-5-2-6(10)8(12)4-7(5)11/h2,4H,3,11-12H2,1H3. The molecule has 0 aromatic heterocycles. The number of halogens is 1. The van der Waals surface area contributed by atoms with Gasteiger partial charge in [-0.1, -0.05) is 0 Å². The van der Waals surface area contributed by atoms with Crippen LogP contribution in [-0.2, 0) is 16.0 Å². The van der Waals surface area contributed by atoms with Crippen LogP contribution in [0.5, 0.6) is 0 Å². The van der Waals surface area contributed by atoms with Gasteiger partial charge in [-0.05, 0) is 33.6 Å². The number of anilines is 2. The van der Waals surface area contributed by atoms with Gasteiger partial charge in [-0.2, -0.15) is 0 Å². The maximum absolute atomic E-state index is 11.0. The summed E-state index contributed by atoms with van der Waals surface area (Å²) < 4.78 is 5.27. The van der Waals surface area contributed by atoms with Gasteiger partial charge in [0.2, 0.25) is 0 Å². The van der Waals surface area contributed by atoms with Gasteiger partial charge in [0.1, 0.15) is 0 Å². The summed E-state index contributed by atoms with van der Waals surface area (Å²) in [5, 5.41) is 0. The zero-order chi connectivity index (χ0) is 10.7. The van der Waals surface area contributed by atoms with Crippen LogP contribution in [0.3, 0.4) is 0 Å². The molecular formula is C9H11BrN2O2. The maximum Gasteiger partial charge on any atom is 0.310 e. The molecule has 0 aliphatic carbocycles. The number of hydrogen-bond acceptors (Lipinski definition) is 4. The van der Waals surface area contributed by atoms with Crippen molar-refractivity contribution in [1.29, 1.82) is 0 Å². The Kier molecular flexibility index (Phi) is 3.35. The van der Waals surface area contributed by atoms with Crippen molar-refractivity contribution in [2.75, 3.05) is 18.6 Å². The molecule has 0 radical (unpaired) electrons. The van der Waals surface area contributed by atoms with Crippen molar-refractivity contribution < 1.29 is 9.53 Å². The third-order valence-corrected chi connectivity index (χ3v) is 2.51. The summed E-state index contributed by atoms with van der Waals surface area (Å²) >= 11 is 3.26. The Morgan fingerprint density at radius 3 is 2.64 bits per heavy atom. The lowest BCUT2D eigenvalue weighted by Gasteiger charge is -2.07. The van der Waals surface area contributed by atoms with Gasteiger partial charge in [-0.25, -0.2) is 0 Å². The number of nitrogens with two attached hydrogens (primary N) is 2. The fraction of sp³-hybridized carbons (Fsp3) is 0.222. The van der Waals surface area contributed by atoms with Crippen molar-refractivity contribution in [3.05, 3.63) is 22.2 Å². The van der Waals surface area contributed by atoms with Gasteiger partial charge >= 0.3 is 5.97 Å². The highest BCUT2D eigenvalue weighted by Gasteiger charge is 2.08. The van der Waals surface area contributed by atoms with Crippen LogP contribution < -0.4 is 11.5 Å². The summed E-state index contributed by atoms with van der Waals surface area (Å²) in [5.74, 6) is -0.326. The molecule has 1 aromatic rings. The second kappa shape index (κ2) is 4.32. The summed E-state index contributed by atoms with van der Waals surface area (Å²) in [4.78, 5) is 11.0. The summed E-state index contributed by atoms with van der Waals surface area (Å²) in [7, 11) is 1.34. The molecule has 14 heavy (non-hydrogen) atoms. The predicted octanol–water partition coefficient (Wildman–Crippen LogP) is 1.33. The molecule has 1 aromatic carbocycles. The van der Waals surface area contributed by atoms with E-state index in [0.29, 0.717) is 16.9 Å². The van der Waals surface area contributed by atoms with E-state index in [1.165, 1.54) is 7.11 Å². The predicted molar refractivity (Wildman–Crippen MR) is 58.7 cm³/mol. The highest BCUT2D eigenvalue weighted by Crippen LogP contribution is 2.26. The van der Waals surface area contributed by atoms with Gasteiger partial charge in [0.15, 0.2) is 0 Å². The molecule has 0 aliphatic heterocycles. The smallest absolute Gasteiger partial charge is 0.310 e. The normalized spacial score (nSPS) is 9.86. The molecule has 0 bridgehead atoms. The highest BCUT2D eigenvalue weighted by atomic mass is 79.9. The molecule has 0 saturated carbocycles. The lowest BCUT2D eigenvalue weighted by molar-refractivity contribution is -0.139. The van der Waals surface area contributed by atoms with E-state index in [2.05, 4.69) is 20.7 Å². The number of methoxy groups -OCH3 is 1. The topological polar surface area (TPSA) is 78.3 Å². The zero-order valence-electron chi connectivity index (χ0n) is 7.71. The lowest BCUT2D eigenvalue weighted by Crippen LogP contribution is -2.07. The SMILES string of the molecule is COC(=O)Cc1cc(Br)c(N)cc1N. The highest BCUT2D eigenvalue weighted by molar-refractivity contribution is 9.10. The van der Waals surface area contributed by atoms with Gasteiger partial charge in [-0.15, -0.1) is 0 Å². The molecule has 1 rings (SSSR count). The Labute approximate surface area is 90.3 Å². The molecular weight excluding hydrogens is 248 g/mol. The van der Waals surface area contributed by atoms with E-state index in [-0.39, 0.29) is 12.4 Å². The van der Waals surface area contributed by atoms with E-state index >= 15 is 0 Å². The molecule has 0 fully saturated rings. The molecule has 4 N–H and O–H groups in total. The first-order valence-corrected chi connectivity index (χ1v) is 4.74. The average Bonchev–Trinajstić information content (AvgIpc) is 2.14. The minimum Gasteiger partial charge on any atom is -0.469 e. The minimum absolute atomic E-state index is 0.154. The number of carbonyl (C=O) groups excluding carboxylic acids is 1. The molecule has 0 amide bonds. The van der Waals surface area contributed by atoms with Gasteiger partial charge in [0.05, 0.1) is 13.5 Å². The number of hydrogen-bond donors (Lipinski definition) is 2. The quantitative estimate of drug-likeness (QED) is 0.620. The van der Waals surface area contributed by atoms with Gasteiger partial charge in [0.25, 0.3) is 0 Å². The Bertz CT molecular complexity index is 366. The third-order valence-electron chi connectivity index (χ3n) is 1.82. The summed E-state index contributed by atoms with van der Waals surface area (Å²) in [6.07, 6.45) is 0.154. The lowest BCUT2D eigenvalue weighted by atomic mass is 10.1. The van der Waals surface area contributed by atoms with Crippen LogP contribution in [0, 0.1) is 0 Å². The van der Waals surface area contributed by atoms with Gasteiger partial charge in [-0.3, -0.25) is 4.79 Å². The van der Waals surface area contributed by atoms with Crippen molar-refractivity contribution in [3.63, 3.8) is 0 Å². The Hall–Kier alpha value is -1.23. The fourth-order valence-corrected chi connectivity index (χ4v) is 1.42. The summed E-state index contributed by atoms with van der Waals surface area (Å²) in [6, 6.07) is 3.34. The minimum atomic E-state index is -0.326. The second-order valence-electron chi connectivity index (χ2n) is 2.83. The summed E-state index contributed by atoms with van der Waals surface area (Å²) in [5.41, 5.74) is 13.0. The van der Waals surface area contributed by atoms with Crippen molar-refractivity contribution >= 4 is 33.3 Å². The van der Waals surface area contributed by atoms with E-state index in [9.17, 15) is 4.79 Å². The van der Waals surface area contributed by atoms with Crippen LogP contribution in [0.1, 0.15) is 5.56 Å². The molecule has 0 saturated heterocycles. The molecule has 5 heteroatoms. The molecule has 4 nitrogen and oxygen atoms in total. The molecule has 0 heterocycles. The Morgan fingerprint density at radius 2 is 2.07 bits per heavy atom. The van der Waals surface area contributed by atoms with E-state index in [1.807, 2.05) is 0 Å². The van der Waals surface area contributed by atoms with Crippen molar-refractivity contribution in [1.82, 2.24) is 0 Å². The molecule has 76 valence electrons. The number of esters is 1. The third kappa shape index (κ3) is 2.38. The largest absolute Gasteiger partial charge is 0.469 e. The first-order chi connectivity index (χ1) is 6.54. The van der Waals surface area contributed by atoms with Crippen LogP contribution in [0.15, 0.2) is 16.6 Å². The first-order valence-electron chi connectivity index (χ1n) is 3.94. The average molecular weight is 259 g/mol. The van der Waals surface area contributed by atoms with Crippen LogP contribution in [0.4, 0.5) is 11.4 Å². The van der Waals surface area contributed by atoms with Crippen molar-refractivity contribution in [3.8, 4) is 0 Å². The number of carbonyl (C=O) groups is 1. The number of nitrogen functional groups attached to an aromatic ring is 2. The van der Waals surface area contributed by atoms with Crippen LogP contribution in [-0.4, -0.2) is 13.1 Å². The Balaban J connectivity index is 2.98. The number of rotatable bonds is 2. The number of benzene rings is 1. The van der Waals surface area contributed by atoms with E-state index < -0.39 is 0 Å². The molecule has 0 unspecified atom stereocenters. The monoisotopic (exact) mass is 258 g/mol. The number of ether oxygens (including phenoxy) is 1. The maximum atomic E-state index is 11.0. The molecule has 0 atom stereocenters. The van der Waals surface area contributed by atoms with E-state index in [0.717, 1.165) is 4.47 Å². The van der Waals surface area contributed by atoms with Crippen molar-refractivity contribution in [2.45, 2.75) is 6.42 Å². The van der Waals surface area contributed by atoms with Crippen LogP contribution >= 0.6 is 15.9 Å². The Morgan fingerprint density at radius 1 is 1.43 bits per heavy atom. The zero-order valence-corrected chi connectivity index (χ0v) is 9.30. The summed E-state index contributed by atoms with van der Waals surface area (Å²) in [6.45, 7) is 0. The van der Waals surface area contributed by atoms with Gasteiger partial charge < -0.3 is 16.2 Å². The van der Waals surface area contributed by atoms with E-state index in [1.54, 1.807) is 12.1 Å².